The number of hydrogen-bond acceptors (Lipinski definition) is 2. The lowest BCUT2D eigenvalue weighted by Crippen LogP contribution is -2.01. The van der Waals surface area contributed by atoms with Gasteiger partial charge in [-0.2, -0.15) is 0 Å². The van der Waals surface area contributed by atoms with Crippen molar-refractivity contribution in [3.63, 3.8) is 0 Å². The number of aldehydes is 1. The van der Waals surface area contributed by atoms with Gasteiger partial charge in [-0.15, -0.1) is 11.6 Å². The summed E-state index contributed by atoms with van der Waals surface area (Å²) in [5.41, 5.74) is -0.474. The summed E-state index contributed by atoms with van der Waals surface area (Å²) >= 11 is 11.0. The summed E-state index contributed by atoms with van der Waals surface area (Å²) in [7, 11) is 0. The zero-order valence-corrected chi connectivity index (χ0v) is 8.32. The van der Waals surface area contributed by atoms with Crippen LogP contribution in [0.1, 0.15) is 28.2 Å². The number of alkyl halides is 3. The van der Waals surface area contributed by atoms with E-state index in [9.17, 15) is 13.6 Å². The van der Waals surface area contributed by atoms with Gasteiger partial charge in [-0.25, -0.2) is 13.8 Å². The van der Waals surface area contributed by atoms with Gasteiger partial charge >= 0.3 is 0 Å². The minimum Gasteiger partial charge on any atom is -0.296 e. The van der Waals surface area contributed by atoms with E-state index in [4.69, 9.17) is 23.2 Å². The number of halogens is 4. The van der Waals surface area contributed by atoms with E-state index in [0.717, 1.165) is 6.07 Å². The molecule has 2 nitrogen and oxygen atoms in total. The van der Waals surface area contributed by atoms with Crippen LogP contribution in [0.15, 0.2) is 6.07 Å². The fourth-order valence-corrected chi connectivity index (χ4v) is 1.49. The van der Waals surface area contributed by atoms with Crippen molar-refractivity contribution in [3.05, 3.63) is 28.0 Å². The lowest BCUT2D eigenvalue weighted by molar-refractivity contribution is 0.111. The number of nitrogens with zero attached hydrogens (tertiary/aromatic N) is 1. The molecule has 0 radical (unpaired) electrons. The molecule has 0 saturated heterocycles. The topological polar surface area (TPSA) is 30.0 Å². The predicted molar refractivity (Wildman–Crippen MR) is 49.1 cm³/mol. The van der Waals surface area contributed by atoms with Crippen LogP contribution in [0.4, 0.5) is 8.78 Å². The van der Waals surface area contributed by atoms with Crippen LogP contribution in [-0.2, 0) is 5.88 Å². The van der Waals surface area contributed by atoms with Gasteiger partial charge in [-0.1, -0.05) is 11.6 Å². The van der Waals surface area contributed by atoms with Gasteiger partial charge < -0.3 is 0 Å². The Kier molecular flexibility index (Phi) is 3.77. The van der Waals surface area contributed by atoms with Crippen molar-refractivity contribution in [1.82, 2.24) is 4.98 Å². The fraction of sp³-hybridized carbons (Fsp3) is 0.250. The quantitative estimate of drug-likeness (QED) is 0.599. The Morgan fingerprint density at radius 3 is 2.64 bits per heavy atom. The van der Waals surface area contributed by atoms with Crippen LogP contribution in [0.25, 0.3) is 0 Å². The summed E-state index contributed by atoms with van der Waals surface area (Å²) in [5, 5.41) is -0.187. The lowest BCUT2D eigenvalue weighted by atomic mass is 10.2. The Labute approximate surface area is 88.8 Å². The number of pyridine rings is 1. The van der Waals surface area contributed by atoms with E-state index < -0.39 is 12.0 Å². The second-order valence-electron chi connectivity index (χ2n) is 2.44. The number of carbonyl (C=O) groups is 1. The molecule has 0 saturated carbocycles. The van der Waals surface area contributed by atoms with Gasteiger partial charge in [0, 0.05) is 0 Å². The minimum absolute atomic E-state index is 0.00458. The molecule has 6 heteroatoms. The SMILES string of the molecule is O=Cc1cc(Cl)c(C(F)F)c(CCl)n1. The van der Waals surface area contributed by atoms with Gasteiger partial charge in [-0.3, -0.25) is 4.79 Å². The predicted octanol–water partition coefficient (Wildman–Crippen LogP) is 3.22. The van der Waals surface area contributed by atoms with E-state index >= 15 is 0 Å². The Morgan fingerprint density at radius 1 is 1.57 bits per heavy atom. The lowest BCUT2D eigenvalue weighted by Gasteiger charge is -2.07. The molecule has 0 atom stereocenters. The van der Waals surface area contributed by atoms with Crippen molar-refractivity contribution in [2.75, 3.05) is 0 Å². The van der Waals surface area contributed by atoms with E-state index in [2.05, 4.69) is 4.98 Å². The minimum atomic E-state index is -2.75. The molecule has 76 valence electrons. The van der Waals surface area contributed by atoms with Crippen LogP contribution in [-0.4, -0.2) is 11.3 Å². The molecule has 0 spiro atoms. The van der Waals surface area contributed by atoms with E-state index in [1.54, 1.807) is 0 Å². The molecule has 0 aliphatic heterocycles. The Bertz CT molecular complexity index is 357. The first-order valence-corrected chi connectivity index (χ1v) is 4.50. The average Bonchev–Trinajstić information content (AvgIpc) is 2.15. The maximum atomic E-state index is 12.4. The van der Waals surface area contributed by atoms with E-state index in [0.29, 0.717) is 6.29 Å². The molecule has 0 aromatic carbocycles. The molecule has 1 aromatic rings. The second-order valence-corrected chi connectivity index (χ2v) is 3.12. The van der Waals surface area contributed by atoms with Crippen LogP contribution in [0.5, 0.6) is 0 Å². The number of rotatable bonds is 3. The van der Waals surface area contributed by atoms with Crippen molar-refractivity contribution >= 4 is 29.5 Å². The third kappa shape index (κ3) is 2.19. The number of aromatic nitrogens is 1. The van der Waals surface area contributed by atoms with Crippen LogP contribution in [0.3, 0.4) is 0 Å². The first kappa shape index (κ1) is 11.3. The first-order valence-electron chi connectivity index (χ1n) is 3.58. The molecular formula is C8H5Cl2F2NO. The molecule has 1 heterocycles. The van der Waals surface area contributed by atoms with E-state index in [1.165, 1.54) is 0 Å². The molecule has 0 aliphatic rings. The van der Waals surface area contributed by atoms with Gasteiger partial charge in [0.25, 0.3) is 6.43 Å². The molecule has 0 amide bonds. The second kappa shape index (κ2) is 4.66. The summed E-state index contributed by atoms with van der Waals surface area (Å²) in [6, 6.07) is 1.09. The van der Waals surface area contributed by atoms with Crippen LogP contribution in [0, 0.1) is 0 Å². The molecule has 0 fully saturated rings. The summed E-state index contributed by atoms with van der Waals surface area (Å²) in [5.74, 6) is -0.207. The molecule has 1 aromatic heterocycles. The summed E-state index contributed by atoms with van der Waals surface area (Å²) in [6.07, 6.45) is -2.32. The van der Waals surface area contributed by atoms with Crippen molar-refractivity contribution in [3.8, 4) is 0 Å². The monoisotopic (exact) mass is 239 g/mol. The number of carbonyl (C=O) groups excluding carboxylic acids is 1. The molecule has 0 aliphatic carbocycles. The van der Waals surface area contributed by atoms with Gasteiger partial charge in [0.15, 0.2) is 6.29 Å². The maximum Gasteiger partial charge on any atom is 0.267 e. The van der Waals surface area contributed by atoms with Gasteiger partial charge in [0.05, 0.1) is 22.2 Å². The highest BCUT2D eigenvalue weighted by atomic mass is 35.5. The summed E-state index contributed by atoms with van der Waals surface area (Å²) < 4.78 is 24.9. The van der Waals surface area contributed by atoms with Crippen molar-refractivity contribution in [1.29, 1.82) is 0 Å². The largest absolute Gasteiger partial charge is 0.296 e. The standard InChI is InChI=1S/C8H5Cl2F2NO/c9-2-6-7(8(11)12)5(10)1-4(3-14)13-6/h1,3,8H,2H2. The van der Waals surface area contributed by atoms with Crippen LogP contribution < -0.4 is 0 Å². The molecule has 1 rings (SSSR count). The highest BCUT2D eigenvalue weighted by molar-refractivity contribution is 6.31. The summed E-state index contributed by atoms with van der Waals surface area (Å²) in [6.45, 7) is 0. The normalized spacial score (nSPS) is 10.6. The van der Waals surface area contributed by atoms with Crippen LogP contribution in [0.2, 0.25) is 5.02 Å². The fourth-order valence-electron chi connectivity index (χ4n) is 0.986. The van der Waals surface area contributed by atoms with Crippen molar-refractivity contribution < 1.29 is 13.6 Å². The molecule has 0 unspecified atom stereocenters. The number of hydrogen-bond donors (Lipinski definition) is 0. The van der Waals surface area contributed by atoms with Gasteiger partial charge in [0.1, 0.15) is 5.69 Å². The Hall–Kier alpha value is -0.740. The highest BCUT2D eigenvalue weighted by Gasteiger charge is 2.18. The first-order chi connectivity index (χ1) is 6.60. The van der Waals surface area contributed by atoms with E-state index in [1.807, 2.05) is 0 Å². The van der Waals surface area contributed by atoms with Crippen molar-refractivity contribution in [2.45, 2.75) is 12.3 Å². The van der Waals surface area contributed by atoms with E-state index in [-0.39, 0.29) is 22.3 Å². The zero-order chi connectivity index (χ0) is 10.7. The molecule has 0 N–H and O–H groups in total. The smallest absolute Gasteiger partial charge is 0.267 e. The average molecular weight is 240 g/mol. The van der Waals surface area contributed by atoms with Gasteiger partial charge in [-0.05, 0) is 6.07 Å². The highest BCUT2D eigenvalue weighted by Crippen LogP contribution is 2.30. The molecular weight excluding hydrogens is 235 g/mol. The third-order valence-electron chi connectivity index (χ3n) is 1.57. The molecule has 0 bridgehead atoms. The maximum absolute atomic E-state index is 12.4. The van der Waals surface area contributed by atoms with Gasteiger partial charge in [0.2, 0.25) is 0 Å². The molecule has 14 heavy (non-hydrogen) atoms. The zero-order valence-electron chi connectivity index (χ0n) is 6.81. The Morgan fingerprint density at radius 2 is 2.21 bits per heavy atom. The van der Waals surface area contributed by atoms with Crippen LogP contribution >= 0.6 is 23.2 Å². The van der Waals surface area contributed by atoms with Crippen molar-refractivity contribution in [2.24, 2.45) is 0 Å². The third-order valence-corrected chi connectivity index (χ3v) is 2.14. The Balaban J connectivity index is 3.34. The summed E-state index contributed by atoms with van der Waals surface area (Å²) in [4.78, 5) is 14.0.